The van der Waals surface area contributed by atoms with Crippen LogP contribution in [0.4, 0.5) is 5.95 Å². The van der Waals surface area contributed by atoms with Crippen LogP contribution in [0, 0.1) is 5.92 Å². The average molecular weight is 349 g/mol. The van der Waals surface area contributed by atoms with Crippen molar-refractivity contribution in [1.29, 1.82) is 0 Å². The summed E-state index contributed by atoms with van der Waals surface area (Å²) in [6.45, 7) is 4.34. The summed E-state index contributed by atoms with van der Waals surface area (Å²) in [7, 11) is 1.84. The topological polar surface area (TPSA) is 67.2 Å². The lowest BCUT2D eigenvalue weighted by Gasteiger charge is -2.25. The molecule has 128 valence electrons. The highest BCUT2D eigenvalue weighted by Gasteiger charge is 2.35. The molecule has 1 saturated heterocycles. The van der Waals surface area contributed by atoms with Crippen LogP contribution in [0.1, 0.15) is 26.7 Å². The number of anilines is 1. The van der Waals surface area contributed by atoms with Crippen molar-refractivity contribution in [2.24, 2.45) is 13.0 Å². The van der Waals surface area contributed by atoms with Crippen molar-refractivity contribution in [3.8, 4) is 0 Å². The molecule has 0 spiro atoms. The van der Waals surface area contributed by atoms with E-state index in [1.165, 1.54) is 0 Å². The molecule has 1 atom stereocenters. The van der Waals surface area contributed by atoms with E-state index in [1.54, 1.807) is 17.0 Å². The Bertz CT molecular complexity index is 799. The highest BCUT2D eigenvalue weighted by Crippen LogP contribution is 2.24. The molecular weight excluding hydrogens is 328 g/mol. The van der Waals surface area contributed by atoms with Crippen LogP contribution in [0.3, 0.4) is 0 Å². The van der Waals surface area contributed by atoms with Gasteiger partial charge in [0.05, 0.1) is 11.0 Å². The first-order valence-corrected chi connectivity index (χ1v) is 8.49. The number of amides is 2. The van der Waals surface area contributed by atoms with Crippen molar-refractivity contribution in [2.45, 2.75) is 32.7 Å². The number of halogens is 1. The predicted molar refractivity (Wildman–Crippen MR) is 93.9 cm³/mol. The summed E-state index contributed by atoms with van der Waals surface area (Å²) in [5.41, 5.74) is 1.61. The van der Waals surface area contributed by atoms with Gasteiger partial charge in [-0.05, 0) is 31.0 Å². The highest BCUT2D eigenvalue weighted by atomic mass is 35.5. The number of hydrogen-bond donors (Lipinski definition) is 1. The number of imidazole rings is 1. The molecule has 7 heteroatoms. The Hall–Kier alpha value is -2.08. The van der Waals surface area contributed by atoms with E-state index < -0.39 is 6.04 Å². The summed E-state index contributed by atoms with van der Waals surface area (Å²) in [5.74, 6) is 0.174. The fourth-order valence-corrected chi connectivity index (χ4v) is 3.28. The molecule has 2 heterocycles. The molecule has 0 radical (unpaired) electrons. The van der Waals surface area contributed by atoms with Crippen LogP contribution >= 0.6 is 11.6 Å². The number of carbonyl (C=O) groups is 2. The highest BCUT2D eigenvalue weighted by molar-refractivity contribution is 6.31. The summed E-state index contributed by atoms with van der Waals surface area (Å²) >= 11 is 5.99. The van der Waals surface area contributed by atoms with Gasteiger partial charge in [0.15, 0.2) is 0 Å². The van der Waals surface area contributed by atoms with Gasteiger partial charge in [-0.15, -0.1) is 0 Å². The minimum absolute atomic E-state index is 0.0180. The van der Waals surface area contributed by atoms with Crippen LogP contribution in [0.2, 0.25) is 5.02 Å². The number of likely N-dealkylation sites (tertiary alicyclic amines) is 1. The lowest BCUT2D eigenvalue weighted by atomic mass is 10.1. The number of fused-ring (bicyclic) bond motifs is 1. The van der Waals surface area contributed by atoms with Crippen LogP contribution in [-0.2, 0) is 16.6 Å². The molecule has 1 aliphatic heterocycles. The van der Waals surface area contributed by atoms with Gasteiger partial charge in [-0.25, -0.2) is 4.98 Å². The molecule has 0 bridgehead atoms. The Balaban J connectivity index is 1.82. The maximum absolute atomic E-state index is 12.7. The van der Waals surface area contributed by atoms with E-state index in [4.69, 9.17) is 11.6 Å². The third-order valence-electron chi connectivity index (χ3n) is 4.41. The van der Waals surface area contributed by atoms with Gasteiger partial charge in [-0.1, -0.05) is 25.4 Å². The Kier molecular flexibility index (Phi) is 4.49. The predicted octanol–water partition coefficient (Wildman–Crippen LogP) is 2.81. The van der Waals surface area contributed by atoms with Gasteiger partial charge < -0.3 is 9.47 Å². The minimum Gasteiger partial charge on any atom is -0.330 e. The first-order valence-electron chi connectivity index (χ1n) is 8.12. The molecule has 6 nitrogen and oxygen atoms in total. The molecule has 1 fully saturated rings. The summed E-state index contributed by atoms with van der Waals surface area (Å²) in [6.07, 6.45) is 1.52. The zero-order chi connectivity index (χ0) is 17.4. The maximum atomic E-state index is 12.7. The van der Waals surface area contributed by atoms with Crippen LogP contribution in [-0.4, -0.2) is 38.9 Å². The fraction of sp³-hybridized carbons (Fsp3) is 0.471. The van der Waals surface area contributed by atoms with Crippen molar-refractivity contribution < 1.29 is 9.59 Å². The Morgan fingerprint density at radius 3 is 2.83 bits per heavy atom. The van der Waals surface area contributed by atoms with Crippen LogP contribution in [0.25, 0.3) is 11.0 Å². The van der Waals surface area contributed by atoms with E-state index >= 15 is 0 Å². The molecule has 0 aliphatic carbocycles. The monoisotopic (exact) mass is 348 g/mol. The standard InChI is InChI=1S/C17H21ClN4O2/c1-10(2)16(24)22-8-4-5-14(22)15(23)20-17-19-12-9-11(18)6-7-13(12)21(17)3/h6-7,9-10,14H,4-5,8H2,1-3H3,(H,19,20,23)/t14-/m0/s1. The number of aryl methyl sites for hydroxylation is 1. The molecule has 1 aliphatic rings. The van der Waals surface area contributed by atoms with Gasteiger partial charge in [0.25, 0.3) is 0 Å². The molecule has 3 rings (SSSR count). The second-order valence-corrected chi connectivity index (χ2v) is 6.90. The third kappa shape index (κ3) is 2.98. The van der Waals surface area contributed by atoms with Crippen LogP contribution < -0.4 is 5.32 Å². The molecule has 0 unspecified atom stereocenters. The van der Waals surface area contributed by atoms with Crippen LogP contribution in [0.5, 0.6) is 0 Å². The second-order valence-electron chi connectivity index (χ2n) is 6.46. The normalized spacial score (nSPS) is 17.7. The summed E-state index contributed by atoms with van der Waals surface area (Å²) in [5, 5.41) is 3.46. The van der Waals surface area contributed by atoms with E-state index in [0.29, 0.717) is 23.9 Å². The van der Waals surface area contributed by atoms with E-state index in [9.17, 15) is 9.59 Å². The summed E-state index contributed by atoms with van der Waals surface area (Å²) in [6, 6.07) is 4.99. The molecule has 1 aromatic carbocycles. The van der Waals surface area contributed by atoms with Crippen molar-refractivity contribution in [3.63, 3.8) is 0 Å². The van der Waals surface area contributed by atoms with Crippen molar-refractivity contribution in [1.82, 2.24) is 14.5 Å². The van der Waals surface area contributed by atoms with E-state index in [2.05, 4.69) is 10.3 Å². The third-order valence-corrected chi connectivity index (χ3v) is 4.65. The Labute approximate surface area is 145 Å². The first-order chi connectivity index (χ1) is 11.4. The van der Waals surface area contributed by atoms with Gasteiger partial charge >= 0.3 is 0 Å². The fourth-order valence-electron chi connectivity index (χ4n) is 3.11. The number of carbonyl (C=O) groups excluding carboxylic acids is 2. The molecular formula is C17H21ClN4O2. The van der Waals surface area contributed by atoms with Crippen molar-refractivity contribution in [3.05, 3.63) is 23.2 Å². The Morgan fingerprint density at radius 1 is 1.38 bits per heavy atom. The number of nitrogens with zero attached hydrogens (tertiary/aromatic N) is 3. The van der Waals surface area contributed by atoms with E-state index in [0.717, 1.165) is 17.5 Å². The molecule has 2 amide bonds. The minimum atomic E-state index is -0.427. The lowest BCUT2D eigenvalue weighted by Crippen LogP contribution is -2.45. The van der Waals surface area contributed by atoms with Gasteiger partial charge in [-0.3, -0.25) is 14.9 Å². The first kappa shape index (κ1) is 16.8. The second kappa shape index (κ2) is 6.43. The zero-order valence-corrected chi connectivity index (χ0v) is 14.8. The summed E-state index contributed by atoms with van der Waals surface area (Å²) in [4.78, 5) is 31.0. The largest absolute Gasteiger partial charge is 0.330 e. The lowest BCUT2D eigenvalue weighted by molar-refractivity contribution is -0.139. The average Bonchev–Trinajstić information content (AvgIpc) is 3.12. The molecule has 2 aromatic rings. The number of nitrogens with one attached hydrogen (secondary N) is 1. The van der Waals surface area contributed by atoms with Gasteiger partial charge in [0.1, 0.15) is 6.04 Å². The van der Waals surface area contributed by atoms with Crippen molar-refractivity contribution >= 4 is 40.4 Å². The molecule has 0 saturated carbocycles. The van der Waals surface area contributed by atoms with Gasteiger partial charge in [0.2, 0.25) is 17.8 Å². The van der Waals surface area contributed by atoms with Crippen molar-refractivity contribution in [2.75, 3.05) is 11.9 Å². The number of hydrogen-bond acceptors (Lipinski definition) is 3. The molecule has 1 aromatic heterocycles. The number of rotatable bonds is 3. The Morgan fingerprint density at radius 2 is 2.12 bits per heavy atom. The van der Waals surface area contributed by atoms with E-state index in [-0.39, 0.29) is 17.7 Å². The number of benzene rings is 1. The number of aromatic nitrogens is 2. The van der Waals surface area contributed by atoms with Crippen LogP contribution in [0.15, 0.2) is 18.2 Å². The quantitative estimate of drug-likeness (QED) is 0.927. The zero-order valence-electron chi connectivity index (χ0n) is 14.0. The SMILES string of the molecule is CC(C)C(=O)N1CCC[C@H]1C(=O)Nc1nc2cc(Cl)ccc2n1C. The molecule has 1 N–H and O–H groups in total. The van der Waals surface area contributed by atoms with Gasteiger partial charge in [0, 0.05) is 24.5 Å². The van der Waals surface area contributed by atoms with E-state index in [1.807, 2.05) is 31.5 Å². The summed E-state index contributed by atoms with van der Waals surface area (Å²) < 4.78 is 1.81. The van der Waals surface area contributed by atoms with Gasteiger partial charge in [-0.2, -0.15) is 0 Å². The maximum Gasteiger partial charge on any atom is 0.249 e. The molecule has 24 heavy (non-hydrogen) atoms. The smallest absolute Gasteiger partial charge is 0.249 e.